The molecular formula is C25H24ClN3O4. The van der Waals surface area contributed by atoms with Gasteiger partial charge in [0.2, 0.25) is 17.7 Å². The first-order valence-corrected chi connectivity index (χ1v) is 11.7. The quantitative estimate of drug-likeness (QED) is 0.703. The molecule has 0 saturated carbocycles. The van der Waals surface area contributed by atoms with Gasteiger partial charge in [-0.3, -0.25) is 19.3 Å². The van der Waals surface area contributed by atoms with Crippen molar-refractivity contribution < 1.29 is 19.1 Å². The topological polar surface area (TPSA) is 79.0 Å². The number of fused-ring (bicyclic) bond motifs is 7. The number of hydrogen-bond donors (Lipinski definition) is 1. The van der Waals surface area contributed by atoms with Gasteiger partial charge >= 0.3 is 0 Å². The fraction of sp³-hybridized carbons (Fsp3) is 0.400. The summed E-state index contributed by atoms with van der Waals surface area (Å²) in [5.74, 6) is -1.87. The highest BCUT2D eigenvalue weighted by molar-refractivity contribution is 6.32. The lowest BCUT2D eigenvalue weighted by atomic mass is 9.75. The molecule has 3 amide bonds. The number of carbonyl (C=O) groups excluding carboxylic acids is 3. The molecule has 0 aliphatic carbocycles. The average molecular weight is 466 g/mol. The van der Waals surface area contributed by atoms with Gasteiger partial charge in [0.15, 0.2) is 0 Å². The van der Waals surface area contributed by atoms with E-state index >= 15 is 0 Å². The van der Waals surface area contributed by atoms with Crippen LogP contribution in [0.4, 0.5) is 11.4 Å². The van der Waals surface area contributed by atoms with Gasteiger partial charge in [-0.05, 0) is 55.6 Å². The number of amides is 3. The fourth-order valence-electron chi connectivity index (χ4n) is 6.55. The van der Waals surface area contributed by atoms with Crippen molar-refractivity contribution in [1.29, 1.82) is 0 Å². The third kappa shape index (κ3) is 2.47. The summed E-state index contributed by atoms with van der Waals surface area (Å²) < 4.78 is 5.45. The molecule has 33 heavy (non-hydrogen) atoms. The standard InChI is InChI=1S/C25H24ClN3O4/c1-3-13-6-8-16-15(11-13)25(24(32)27-16)21-20(17-5-4-10-28(17)25)22(30)29(23(21)31)18-12-14(26)7-9-19(18)33-2/h6-9,11-12,17,20-21H,3-5,10H2,1-2H3,(H,27,32)/t17-,20+,21-,25+/m0/s1. The van der Waals surface area contributed by atoms with E-state index in [9.17, 15) is 14.4 Å². The first-order chi connectivity index (χ1) is 15.9. The van der Waals surface area contributed by atoms with E-state index in [2.05, 4.69) is 17.1 Å². The van der Waals surface area contributed by atoms with E-state index in [1.165, 1.54) is 12.0 Å². The van der Waals surface area contributed by atoms with Crippen LogP contribution in [0.1, 0.15) is 30.9 Å². The summed E-state index contributed by atoms with van der Waals surface area (Å²) in [6.45, 7) is 2.74. The summed E-state index contributed by atoms with van der Waals surface area (Å²) in [4.78, 5) is 45.0. The molecule has 170 valence electrons. The van der Waals surface area contributed by atoms with Crippen LogP contribution in [-0.4, -0.2) is 42.3 Å². The maximum Gasteiger partial charge on any atom is 0.250 e. The number of aryl methyl sites for hydroxylation is 1. The number of anilines is 2. The van der Waals surface area contributed by atoms with Gasteiger partial charge in [-0.2, -0.15) is 0 Å². The molecule has 0 unspecified atom stereocenters. The lowest BCUT2D eigenvalue weighted by Gasteiger charge is -2.37. The van der Waals surface area contributed by atoms with E-state index < -0.39 is 17.4 Å². The Morgan fingerprint density at radius 1 is 1.15 bits per heavy atom. The second kappa shape index (κ2) is 7.05. The molecule has 7 nitrogen and oxygen atoms in total. The Hall–Kier alpha value is -2.90. The summed E-state index contributed by atoms with van der Waals surface area (Å²) in [7, 11) is 1.49. The zero-order chi connectivity index (χ0) is 23.1. The first-order valence-electron chi connectivity index (χ1n) is 11.4. The van der Waals surface area contributed by atoms with Crippen molar-refractivity contribution in [3.63, 3.8) is 0 Å². The van der Waals surface area contributed by atoms with Gasteiger partial charge in [-0.15, -0.1) is 0 Å². The predicted octanol–water partition coefficient (Wildman–Crippen LogP) is 3.34. The molecule has 1 spiro atoms. The molecule has 2 aromatic rings. The normalized spacial score (nSPS) is 30.1. The van der Waals surface area contributed by atoms with Crippen LogP contribution >= 0.6 is 11.6 Å². The Morgan fingerprint density at radius 3 is 2.73 bits per heavy atom. The molecule has 2 aromatic carbocycles. The number of carbonyl (C=O) groups is 3. The molecule has 3 saturated heterocycles. The lowest BCUT2D eigenvalue weighted by molar-refractivity contribution is -0.135. The van der Waals surface area contributed by atoms with Gasteiger partial charge in [-0.25, -0.2) is 4.90 Å². The molecule has 6 rings (SSSR count). The van der Waals surface area contributed by atoms with Crippen LogP contribution in [-0.2, 0) is 26.3 Å². The molecule has 1 N–H and O–H groups in total. The molecular weight excluding hydrogens is 442 g/mol. The van der Waals surface area contributed by atoms with Crippen LogP contribution < -0.4 is 15.0 Å². The monoisotopic (exact) mass is 465 g/mol. The molecule has 0 bridgehead atoms. The minimum Gasteiger partial charge on any atom is -0.495 e. The molecule has 4 atom stereocenters. The summed E-state index contributed by atoms with van der Waals surface area (Å²) in [5.41, 5.74) is 1.78. The summed E-state index contributed by atoms with van der Waals surface area (Å²) in [6.07, 6.45) is 2.47. The fourth-order valence-corrected chi connectivity index (χ4v) is 6.71. The number of nitrogens with zero attached hydrogens (tertiary/aromatic N) is 2. The smallest absolute Gasteiger partial charge is 0.250 e. The Morgan fingerprint density at radius 2 is 1.97 bits per heavy atom. The molecule has 0 radical (unpaired) electrons. The van der Waals surface area contributed by atoms with Crippen molar-refractivity contribution in [3.8, 4) is 5.75 Å². The number of rotatable bonds is 3. The number of benzene rings is 2. The van der Waals surface area contributed by atoms with Crippen molar-refractivity contribution in [3.05, 3.63) is 52.5 Å². The molecule has 4 aliphatic heterocycles. The van der Waals surface area contributed by atoms with Crippen molar-refractivity contribution in [1.82, 2.24) is 4.90 Å². The van der Waals surface area contributed by atoms with Gasteiger partial charge in [0, 0.05) is 22.3 Å². The Balaban J connectivity index is 1.56. The SMILES string of the molecule is CCc1ccc2c(c1)[C@]1(C(=O)N2)[C@@H]2C(=O)N(c3cc(Cl)ccc3OC)C(=O)[C@@H]2[C@@H]2CCCN21. The van der Waals surface area contributed by atoms with E-state index in [1.54, 1.807) is 18.2 Å². The number of halogens is 1. The second-order valence-corrected chi connectivity index (χ2v) is 9.62. The van der Waals surface area contributed by atoms with E-state index in [1.807, 2.05) is 18.2 Å². The van der Waals surface area contributed by atoms with Crippen molar-refractivity contribution in [2.24, 2.45) is 11.8 Å². The van der Waals surface area contributed by atoms with Crippen LogP contribution in [0.2, 0.25) is 5.02 Å². The van der Waals surface area contributed by atoms with Gasteiger partial charge in [0.05, 0.1) is 24.6 Å². The van der Waals surface area contributed by atoms with E-state index in [-0.39, 0.29) is 23.8 Å². The number of nitrogens with one attached hydrogen (secondary N) is 1. The number of imide groups is 1. The highest BCUT2D eigenvalue weighted by atomic mass is 35.5. The van der Waals surface area contributed by atoms with Gasteiger partial charge in [0.1, 0.15) is 11.3 Å². The first kappa shape index (κ1) is 20.7. The van der Waals surface area contributed by atoms with Crippen LogP contribution in [0.5, 0.6) is 5.75 Å². The number of methoxy groups -OCH3 is 1. The molecule has 4 heterocycles. The van der Waals surface area contributed by atoms with Crippen LogP contribution in [0.3, 0.4) is 0 Å². The van der Waals surface area contributed by atoms with Crippen LogP contribution in [0.15, 0.2) is 36.4 Å². The summed E-state index contributed by atoms with van der Waals surface area (Å²) in [5, 5.41) is 3.42. The predicted molar refractivity (Wildman–Crippen MR) is 123 cm³/mol. The number of hydrogen-bond acceptors (Lipinski definition) is 5. The van der Waals surface area contributed by atoms with E-state index in [4.69, 9.17) is 16.3 Å². The van der Waals surface area contributed by atoms with Crippen LogP contribution in [0, 0.1) is 11.8 Å². The van der Waals surface area contributed by atoms with Crippen molar-refractivity contribution in [2.75, 3.05) is 23.9 Å². The summed E-state index contributed by atoms with van der Waals surface area (Å²) in [6, 6.07) is 10.7. The van der Waals surface area contributed by atoms with E-state index in [0.717, 1.165) is 36.1 Å². The zero-order valence-electron chi connectivity index (χ0n) is 18.4. The maximum absolute atomic E-state index is 14.1. The second-order valence-electron chi connectivity index (χ2n) is 9.19. The Bertz CT molecular complexity index is 1230. The Kier molecular flexibility index (Phi) is 4.42. The Labute approximate surface area is 196 Å². The van der Waals surface area contributed by atoms with Crippen molar-refractivity contribution >= 4 is 40.7 Å². The third-order valence-corrected chi connectivity index (χ3v) is 8.08. The molecule has 4 aliphatic rings. The van der Waals surface area contributed by atoms with Gasteiger partial charge in [-0.1, -0.05) is 30.7 Å². The molecule has 8 heteroatoms. The minimum absolute atomic E-state index is 0.163. The largest absolute Gasteiger partial charge is 0.495 e. The third-order valence-electron chi connectivity index (χ3n) is 7.85. The van der Waals surface area contributed by atoms with Crippen molar-refractivity contribution in [2.45, 2.75) is 37.8 Å². The molecule has 3 fully saturated rings. The van der Waals surface area contributed by atoms with Gasteiger partial charge < -0.3 is 10.1 Å². The van der Waals surface area contributed by atoms with E-state index in [0.29, 0.717) is 23.0 Å². The highest BCUT2D eigenvalue weighted by Gasteiger charge is 2.74. The lowest BCUT2D eigenvalue weighted by Crippen LogP contribution is -2.54. The minimum atomic E-state index is -1.18. The van der Waals surface area contributed by atoms with Crippen LogP contribution in [0.25, 0.3) is 0 Å². The number of ether oxygens (including phenoxy) is 1. The zero-order valence-corrected chi connectivity index (χ0v) is 19.2. The maximum atomic E-state index is 14.1. The highest BCUT2D eigenvalue weighted by Crippen LogP contribution is 2.61. The average Bonchev–Trinajstić information content (AvgIpc) is 3.51. The molecule has 0 aromatic heterocycles. The van der Waals surface area contributed by atoms with Gasteiger partial charge in [0.25, 0.3) is 0 Å². The summed E-state index contributed by atoms with van der Waals surface area (Å²) >= 11 is 6.22.